The van der Waals surface area contributed by atoms with E-state index < -0.39 is 49.0 Å². The molecule has 2 aliphatic heterocycles. The summed E-state index contributed by atoms with van der Waals surface area (Å²) < 4.78 is 52.7. The van der Waals surface area contributed by atoms with Crippen molar-refractivity contribution in [3.8, 4) is 0 Å². The summed E-state index contributed by atoms with van der Waals surface area (Å²) in [5.74, 6) is -0.328. The van der Waals surface area contributed by atoms with Crippen molar-refractivity contribution in [1.29, 1.82) is 0 Å². The second kappa shape index (κ2) is 13.7. The van der Waals surface area contributed by atoms with Crippen molar-refractivity contribution in [2.75, 3.05) is 55.8 Å². The molecule has 2 rings (SSSR count). The van der Waals surface area contributed by atoms with Crippen molar-refractivity contribution in [3.63, 3.8) is 0 Å². The molecule has 1 amide bonds. The molecule has 0 saturated carbocycles. The molecule has 0 radical (unpaired) electrons. The van der Waals surface area contributed by atoms with Crippen molar-refractivity contribution in [1.82, 2.24) is 5.32 Å². The minimum atomic E-state index is -0.881. The number of carbonyl (C=O) groups excluding carboxylic acids is 1. The Hall–Kier alpha value is -1.15. The lowest BCUT2D eigenvalue weighted by molar-refractivity contribution is -0.347. The van der Waals surface area contributed by atoms with Gasteiger partial charge >= 0.3 is 0 Å². The minimum absolute atomic E-state index is 0.160. The summed E-state index contributed by atoms with van der Waals surface area (Å²) in [6.45, 7) is 5.83. The van der Waals surface area contributed by atoms with Crippen LogP contribution < -0.4 is 5.32 Å². The Bertz CT molecular complexity index is 608. The molecule has 192 valence electrons. The molecular weight excluding hydrogens is 438 g/mol. The van der Waals surface area contributed by atoms with Gasteiger partial charge in [-0.05, 0) is 13.0 Å². The summed E-state index contributed by atoms with van der Waals surface area (Å²) in [7, 11) is 9.43. The number of ether oxygens (including phenoxy) is 9. The van der Waals surface area contributed by atoms with Gasteiger partial charge in [0.25, 0.3) is 0 Å². The summed E-state index contributed by atoms with van der Waals surface area (Å²) >= 11 is 0. The maximum atomic E-state index is 11.7. The fourth-order valence-electron chi connectivity index (χ4n) is 4.54. The number of rotatable bonds is 12. The van der Waals surface area contributed by atoms with E-state index in [0.717, 1.165) is 0 Å². The van der Waals surface area contributed by atoms with Gasteiger partial charge in [-0.3, -0.25) is 4.79 Å². The van der Waals surface area contributed by atoms with Gasteiger partial charge in [0.2, 0.25) is 5.91 Å². The lowest BCUT2D eigenvalue weighted by Gasteiger charge is -2.49. The second-order valence-electron chi connectivity index (χ2n) is 7.93. The van der Waals surface area contributed by atoms with Crippen LogP contribution in [0.4, 0.5) is 0 Å². The Kier molecular flexibility index (Phi) is 11.6. The molecule has 33 heavy (non-hydrogen) atoms. The average Bonchev–Trinajstić information content (AvgIpc) is 2.82. The van der Waals surface area contributed by atoms with Gasteiger partial charge in [0.1, 0.15) is 48.8 Å². The maximum absolute atomic E-state index is 11.7. The van der Waals surface area contributed by atoms with E-state index in [1.165, 1.54) is 6.08 Å². The normalized spacial score (nSPS) is 39.2. The summed E-state index contributed by atoms with van der Waals surface area (Å²) in [6.07, 6.45) is -4.07. The van der Waals surface area contributed by atoms with Crippen molar-refractivity contribution < 1.29 is 47.4 Å². The molecule has 10 unspecified atom stereocenters. The Morgan fingerprint density at radius 3 is 1.91 bits per heavy atom. The van der Waals surface area contributed by atoms with E-state index in [0.29, 0.717) is 0 Å². The summed E-state index contributed by atoms with van der Waals surface area (Å²) in [5, 5.41) is 2.74. The van der Waals surface area contributed by atoms with Gasteiger partial charge in [0.05, 0.1) is 12.7 Å². The molecule has 10 atom stereocenters. The van der Waals surface area contributed by atoms with Crippen molar-refractivity contribution in [2.24, 2.45) is 0 Å². The lowest BCUT2D eigenvalue weighted by atomic mass is 9.94. The predicted molar refractivity (Wildman–Crippen MR) is 117 cm³/mol. The smallest absolute Gasteiger partial charge is 0.243 e. The zero-order chi connectivity index (χ0) is 24.5. The second-order valence-corrected chi connectivity index (χ2v) is 7.93. The quantitative estimate of drug-likeness (QED) is 0.383. The molecule has 0 aliphatic carbocycles. The molecule has 2 heterocycles. The first-order valence-corrected chi connectivity index (χ1v) is 10.9. The number of hydrogen-bond donors (Lipinski definition) is 1. The monoisotopic (exact) mass is 477 g/mol. The van der Waals surface area contributed by atoms with E-state index in [4.69, 9.17) is 42.6 Å². The molecule has 0 bridgehead atoms. The zero-order valence-corrected chi connectivity index (χ0v) is 20.6. The van der Waals surface area contributed by atoms with Gasteiger partial charge in [0, 0.05) is 49.2 Å². The number of methoxy groups -OCH3 is 6. The summed E-state index contributed by atoms with van der Waals surface area (Å²) in [5.41, 5.74) is 0. The van der Waals surface area contributed by atoms with E-state index >= 15 is 0 Å². The van der Waals surface area contributed by atoms with Gasteiger partial charge in [-0.25, -0.2) is 0 Å². The van der Waals surface area contributed by atoms with Crippen LogP contribution in [0.5, 0.6) is 0 Å². The molecular formula is C22H39NO10. The number of nitrogens with one attached hydrogen (secondary N) is 1. The van der Waals surface area contributed by atoms with E-state index in [1.54, 1.807) is 42.7 Å². The maximum Gasteiger partial charge on any atom is 0.243 e. The van der Waals surface area contributed by atoms with Gasteiger partial charge in [0.15, 0.2) is 6.29 Å². The minimum Gasteiger partial charge on any atom is -0.382 e. The van der Waals surface area contributed by atoms with Crippen LogP contribution in [0, 0.1) is 0 Å². The van der Waals surface area contributed by atoms with Crippen LogP contribution in [0.25, 0.3) is 0 Å². The number of amides is 1. The fraction of sp³-hybridized carbons (Fsp3) is 0.864. The van der Waals surface area contributed by atoms with E-state index in [-0.39, 0.29) is 31.3 Å². The average molecular weight is 478 g/mol. The fourth-order valence-corrected chi connectivity index (χ4v) is 4.54. The van der Waals surface area contributed by atoms with Gasteiger partial charge < -0.3 is 47.9 Å². The molecule has 0 spiro atoms. The van der Waals surface area contributed by atoms with Crippen LogP contribution in [0.1, 0.15) is 6.92 Å². The summed E-state index contributed by atoms with van der Waals surface area (Å²) in [6, 6.07) is 0. The number of hydrogen-bond acceptors (Lipinski definition) is 10. The van der Waals surface area contributed by atoms with Gasteiger partial charge in [-0.1, -0.05) is 6.58 Å². The van der Waals surface area contributed by atoms with E-state index in [1.807, 2.05) is 6.92 Å². The highest BCUT2D eigenvalue weighted by molar-refractivity contribution is 5.86. The third-order valence-corrected chi connectivity index (χ3v) is 6.10. The Morgan fingerprint density at radius 1 is 0.818 bits per heavy atom. The van der Waals surface area contributed by atoms with Gasteiger partial charge in [-0.2, -0.15) is 0 Å². The van der Waals surface area contributed by atoms with Crippen LogP contribution in [0.2, 0.25) is 0 Å². The largest absolute Gasteiger partial charge is 0.382 e. The topological polar surface area (TPSA) is 112 Å². The highest BCUT2D eigenvalue weighted by atomic mass is 16.7. The van der Waals surface area contributed by atoms with Crippen LogP contribution in [0.15, 0.2) is 12.7 Å². The molecule has 11 heteroatoms. The third kappa shape index (κ3) is 6.50. The first-order chi connectivity index (χ1) is 15.9. The van der Waals surface area contributed by atoms with Crippen LogP contribution in [-0.2, 0) is 47.4 Å². The number of carbonyl (C=O) groups is 1. The Morgan fingerprint density at radius 2 is 1.39 bits per heavy atom. The van der Waals surface area contributed by atoms with Gasteiger partial charge in [-0.15, -0.1) is 0 Å². The highest BCUT2D eigenvalue weighted by Gasteiger charge is 2.52. The molecule has 0 aromatic carbocycles. The van der Waals surface area contributed by atoms with Crippen molar-refractivity contribution in [3.05, 3.63) is 12.7 Å². The Labute approximate surface area is 195 Å². The molecule has 2 aliphatic rings. The molecule has 1 N–H and O–H groups in total. The van der Waals surface area contributed by atoms with Crippen molar-refractivity contribution >= 4 is 5.91 Å². The van der Waals surface area contributed by atoms with E-state index in [2.05, 4.69) is 11.9 Å². The standard InChI is InChI=1S/C22H39NO10/c1-9-15(24)23-10-13-17(27-5)20(29-7)21(30-8)22(32-13)33-18-14(11-25-3)31-12(2)16(26-4)19(18)28-6/h9,12-14,16-22H,1,10-11H2,2-8H3,(H,23,24). The van der Waals surface area contributed by atoms with Crippen LogP contribution in [-0.4, -0.2) is 123 Å². The zero-order valence-electron chi connectivity index (χ0n) is 20.6. The summed E-state index contributed by atoms with van der Waals surface area (Å²) in [4.78, 5) is 11.7. The molecule has 11 nitrogen and oxygen atoms in total. The first-order valence-electron chi connectivity index (χ1n) is 10.9. The van der Waals surface area contributed by atoms with E-state index in [9.17, 15) is 4.79 Å². The third-order valence-electron chi connectivity index (χ3n) is 6.10. The molecule has 2 saturated heterocycles. The predicted octanol–water partition coefficient (Wildman–Crippen LogP) is -0.0926. The Balaban J connectivity index is 2.32. The SMILES string of the molecule is C=CC(=O)NCC1OC(OC2C(COC)OC(C)C(OC)C2OC)C(OC)C(OC)C1OC. The molecule has 2 fully saturated rings. The van der Waals surface area contributed by atoms with Crippen LogP contribution in [0.3, 0.4) is 0 Å². The molecule has 0 aromatic rings. The first kappa shape index (κ1) is 28.1. The molecule has 0 aromatic heterocycles. The van der Waals surface area contributed by atoms with Crippen LogP contribution >= 0.6 is 0 Å². The highest BCUT2D eigenvalue weighted by Crippen LogP contribution is 2.33. The lowest BCUT2D eigenvalue weighted by Crippen LogP contribution is -2.66. The van der Waals surface area contributed by atoms with Crippen molar-refractivity contribution in [2.45, 2.75) is 68.1 Å².